The standard InChI is InChI=1S/C19H22N4O2/c1-13-5-6-17-15(10-25-19(17)14(13)2)8-18(24)22-7-3-4-16(9-22)23-12-20-11-21-23/h5-6,10-12,16H,3-4,7-9H2,1-2H3/t16-/m0/s1. The molecular weight excluding hydrogens is 316 g/mol. The van der Waals surface area contributed by atoms with E-state index in [1.54, 1.807) is 18.9 Å². The summed E-state index contributed by atoms with van der Waals surface area (Å²) in [5, 5.41) is 5.26. The molecule has 1 aliphatic rings. The summed E-state index contributed by atoms with van der Waals surface area (Å²) in [5.74, 6) is 0.144. The zero-order chi connectivity index (χ0) is 17.4. The van der Waals surface area contributed by atoms with E-state index in [1.807, 2.05) is 9.58 Å². The van der Waals surface area contributed by atoms with Crippen LogP contribution in [0, 0.1) is 13.8 Å². The van der Waals surface area contributed by atoms with Crippen molar-refractivity contribution < 1.29 is 9.21 Å². The fourth-order valence-corrected chi connectivity index (χ4v) is 3.60. The summed E-state index contributed by atoms with van der Waals surface area (Å²) in [6.07, 6.45) is 7.39. The van der Waals surface area contributed by atoms with E-state index in [9.17, 15) is 4.79 Å². The Labute approximate surface area is 146 Å². The normalized spacial score (nSPS) is 18.0. The minimum absolute atomic E-state index is 0.144. The molecule has 0 unspecified atom stereocenters. The monoisotopic (exact) mass is 338 g/mol. The first-order valence-corrected chi connectivity index (χ1v) is 8.71. The lowest BCUT2D eigenvalue weighted by Gasteiger charge is -2.32. The number of fused-ring (bicyclic) bond motifs is 1. The van der Waals surface area contributed by atoms with Crippen molar-refractivity contribution in [2.24, 2.45) is 0 Å². The smallest absolute Gasteiger partial charge is 0.227 e. The van der Waals surface area contributed by atoms with Gasteiger partial charge in [-0.2, -0.15) is 5.10 Å². The molecule has 25 heavy (non-hydrogen) atoms. The number of amides is 1. The Hall–Kier alpha value is -2.63. The first kappa shape index (κ1) is 15.9. The molecule has 0 saturated carbocycles. The maximum atomic E-state index is 12.8. The molecular formula is C19H22N4O2. The van der Waals surface area contributed by atoms with Gasteiger partial charge in [0.25, 0.3) is 0 Å². The van der Waals surface area contributed by atoms with Crippen molar-refractivity contribution >= 4 is 16.9 Å². The molecule has 1 atom stereocenters. The third-order valence-electron chi connectivity index (χ3n) is 5.24. The van der Waals surface area contributed by atoms with Crippen LogP contribution in [0.4, 0.5) is 0 Å². The van der Waals surface area contributed by atoms with Gasteiger partial charge < -0.3 is 9.32 Å². The Morgan fingerprint density at radius 1 is 1.36 bits per heavy atom. The number of aromatic nitrogens is 3. The molecule has 4 rings (SSSR count). The lowest BCUT2D eigenvalue weighted by molar-refractivity contribution is -0.132. The second-order valence-electron chi connectivity index (χ2n) is 6.83. The van der Waals surface area contributed by atoms with Crippen LogP contribution in [0.1, 0.15) is 35.6 Å². The second-order valence-corrected chi connectivity index (χ2v) is 6.83. The number of furan rings is 1. The number of rotatable bonds is 3. The van der Waals surface area contributed by atoms with Crippen LogP contribution in [0.2, 0.25) is 0 Å². The lowest BCUT2D eigenvalue weighted by Crippen LogP contribution is -2.41. The highest BCUT2D eigenvalue weighted by molar-refractivity contribution is 5.89. The molecule has 130 valence electrons. The quantitative estimate of drug-likeness (QED) is 0.736. The summed E-state index contributed by atoms with van der Waals surface area (Å²) < 4.78 is 7.60. The van der Waals surface area contributed by atoms with E-state index in [2.05, 4.69) is 36.1 Å². The summed E-state index contributed by atoms with van der Waals surface area (Å²) in [4.78, 5) is 18.8. The average Bonchev–Trinajstić information content (AvgIpc) is 3.29. The maximum absolute atomic E-state index is 12.8. The van der Waals surface area contributed by atoms with Gasteiger partial charge in [0.2, 0.25) is 5.91 Å². The predicted molar refractivity (Wildman–Crippen MR) is 94.3 cm³/mol. The van der Waals surface area contributed by atoms with E-state index in [0.717, 1.165) is 41.5 Å². The van der Waals surface area contributed by atoms with Crippen molar-refractivity contribution in [2.75, 3.05) is 13.1 Å². The van der Waals surface area contributed by atoms with Crippen LogP contribution < -0.4 is 0 Å². The summed E-state index contributed by atoms with van der Waals surface area (Å²) in [6, 6.07) is 4.35. The first-order valence-electron chi connectivity index (χ1n) is 8.71. The van der Waals surface area contributed by atoms with Crippen LogP contribution in [-0.4, -0.2) is 38.7 Å². The van der Waals surface area contributed by atoms with Crippen molar-refractivity contribution in [3.63, 3.8) is 0 Å². The van der Waals surface area contributed by atoms with Gasteiger partial charge in [0.1, 0.15) is 18.2 Å². The number of benzene rings is 1. The van der Waals surface area contributed by atoms with Crippen LogP contribution >= 0.6 is 0 Å². The number of nitrogens with zero attached hydrogens (tertiary/aromatic N) is 4. The number of hydrogen-bond donors (Lipinski definition) is 0. The summed E-state index contributed by atoms with van der Waals surface area (Å²) >= 11 is 0. The minimum Gasteiger partial charge on any atom is -0.464 e. The van der Waals surface area contributed by atoms with Gasteiger partial charge in [-0.1, -0.05) is 12.1 Å². The number of likely N-dealkylation sites (tertiary alicyclic amines) is 1. The zero-order valence-corrected chi connectivity index (χ0v) is 14.6. The third kappa shape index (κ3) is 2.92. The fourth-order valence-electron chi connectivity index (χ4n) is 3.60. The molecule has 1 saturated heterocycles. The maximum Gasteiger partial charge on any atom is 0.227 e. The molecule has 0 bridgehead atoms. The molecule has 0 spiro atoms. The largest absolute Gasteiger partial charge is 0.464 e. The molecule has 1 fully saturated rings. The number of hydrogen-bond acceptors (Lipinski definition) is 4. The molecule has 1 amide bonds. The van der Waals surface area contributed by atoms with Gasteiger partial charge in [-0.25, -0.2) is 9.67 Å². The van der Waals surface area contributed by atoms with Crippen LogP contribution in [0.15, 0.2) is 35.5 Å². The molecule has 1 aromatic carbocycles. The van der Waals surface area contributed by atoms with E-state index in [1.165, 1.54) is 5.56 Å². The van der Waals surface area contributed by atoms with Gasteiger partial charge in [0.05, 0.1) is 18.7 Å². The molecule has 0 aliphatic carbocycles. The van der Waals surface area contributed by atoms with Crippen molar-refractivity contribution in [1.29, 1.82) is 0 Å². The molecule has 3 aromatic rings. The zero-order valence-electron chi connectivity index (χ0n) is 14.6. The van der Waals surface area contributed by atoms with E-state index in [4.69, 9.17) is 4.42 Å². The summed E-state index contributed by atoms with van der Waals surface area (Å²) in [6.45, 7) is 5.62. The van der Waals surface area contributed by atoms with Gasteiger partial charge in [0, 0.05) is 24.0 Å². The topological polar surface area (TPSA) is 64.2 Å². The van der Waals surface area contributed by atoms with E-state index < -0.39 is 0 Å². The van der Waals surface area contributed by atoms with Crippen LogP contribution in [0.25, 0.3) is 11.0 Å². The van der Waals surface area contributed by atoms with Crippen molar-refractivity contribution in [3.05, 3.63) is 47.7 Å². The van der Waals surface area contributed by atoms with E-state index >= 15 is 0 Å². The van der Waals surface area contributed by atoms with E-state index in [0.29, 0.717) is 13.0 Å². The van der Waals surface area contributed by atoms with Gasteiger partial charge in [-0.15, -0.1) is 0 Å². The Bertz CT molecular complexity index is 898. The predicted octanol–water partition coefficient (Wildman–Crippen LogP) is 3.05. The Morgan fingerprint density at radius 2 is 2.24 bits per heavy atom. The molecule has 0 N–H and O–H groups in total. The summed E-state index contributed by atoms with van der Waals surface area (Å²) in [7, 11) is 0. The van der Waals surface area contributed by atoms with Gasteiger partial charge in [0.15, 0.2) is 0 Å². The Balaban J connectivity index is 1.51. The highest BCUT2D eigenvalue weighted by Crippen LogP contribution is 2.28. The first-order chi connectivity index (χ1) is 12.1. The average molecular weight is 338 g/mol. The van der Waals surface area contributed by atoms with Crippen molar-refractivity contribution in [2.45, 2.75) is 39.2 Å². The molecule has 1 aliphatic heterocycles. The molecule has 6 nitrogen and oxygen atoms in total. The van der Waals surface area contributed by atoms with Gasteiger partial charge in [-0.05, 0) is 37.8 Å². The molecule has 2 aromatic heterocycles. The highest BCUT2D eigenvalue weighted by atomic mass is 16.3. The van der Waals surface area contributed by atoms with Gasteiger partial charge in [-0.3, -0.25) is 4.79 Å². The Kier molecular flexibility index (Phi) is 4.03. The van der Waals surface area contributed by atoms with Crippen LogP contribution in [0.3, 0.4) is 0 Å². The van der Waals surface area contributed by atoms with Gasteiger partial charge >= 0.3 is 0 Å². The number of aryl methyl sites for hydroxylation is 2. The summed E-state index contributed by atoms with van der Waals surface area (Å²) in [5.41, 5.74) is 4.19. The number of carbonyl (C=O) groups is 1. The molecule has 3 heterocycles. The van der Waals surface area contributed by atoms with Crippen molar-refractivity contribution in [3.8, 4) is 0 Å². The molecule has 6 heteroatoms. The SMILES string of the molecule is Cc1ccc2c(CC(=O)N3CCC[C@H](n4cncn4)C3)coc2c1C. The highest BCUT2D eigenvalue weighted by Gasteiger charge is 2.26. The third-order valence-corrected chi connectivity index (χ3v) is 5.24. The minimum atomic E-state index is 0.144. The molecule has 0 radical (unpaired) electrons. The fraction of sp³-hybridized carbons (Fsp3) is 0.421. The number of piperidine rings is 1. The second kappa shape index (κ2) is 6.35. The van der Waals surface area contributed by atoms with Crippen LogP contribution in [-0.2, 0) is 11.2 Å². The number of carbonyl (C=O) groups excluding carboxylic acids is 1. The van der Waals surface area contributed by atoms with Crippen molar-refractivity contribution in [1.82, 2.24) is 19.7 Å². The van der Waals surface area contributed by atoms with Crippen LogP contribution in [0.5, 0.6) is 0 Å². The lowest BCUT2D eigenvalue weighted by atomic mass is 10.0. The Morgan fingerprint density at radius 3 is 3.04 bits per heavy atom. The van der Waals surface area contributed by atoms with E-state index in [-0.39, 0.29) is 11.9 Å².